The number of phenols is 1. The maximum absolute atomic E-state index is 15.1. The molecule has 2 aromatic carbocycles. The van der Waals surface area contributed by atoms with E-state index in [1.807, 2.05) is 13.1 Å². The number of hydrogen-bond donors (Lipinski definition) is 1. The lowest BCUT2D eigenvalue weighted by Crippen LogP contribution is -2.43. The number of anilines is 2. The van der Waals surface area contributed by atoms with Crippen LogP contribution < -0.4 is 14.5 Å². The Hall–Kier alpha value is -4.52. The minimum Gasteiger partial charge on any atom is -0.508 e. The van der Waals surface area contributed by atoms with E-state index in [0.29, 0.717) is 57.6 Å². The lowest BCUT2D eigenvalue weighted by molar-refractivity contribution is 0.107. The first-order chi connectivity index (χ1) is 24.1. The summed E-state index contributed by atoms with van der Waals surface area (Å²) in [7, 11) is 3.42. The van der Waals surface area contributed by atoms with E-state index in [4.69, 9.17) is 14.7 Å². The Bertz CT molecular complexity index is 1970. The number of halogens is 2. The van der Waals surface area contributed by atoms with Crippen LogP contribution in [0.15, 0.2) is 30.5 Å². The highest BCUT2D eigenvalue weighted by atomic mass is 19.1. The van der Waals surface area contributed by atoms with Crippen LogP contribution in [0.25, 0.3) is 10.8 Å². The third-order valence-corrected chi connectivity index (χ3v) is 11.0. The van der Waals surface area contributed by atoms with Crippen LogP contribution in [0.5, 0.6) is 11.8 Å². The van der Waals surface area contributed by atoms with Gasteiger partial charge < -0.3 is 24.5 Å². The van der Waals surface area contributed by atoms with Crippen LogP contribution in [0.3, 0.4) is 0 Å². The Morgan fingerprint density at radius 1 is 1.08 bits per heavy atom. The smallest absolute Gasteiger partial charge is 0.344 e. The second-order valence-corrected chi connectivity index (χ2v) is 14.5. The standard InChI is InChI=1S/C37H44F2N8O3/c1-4-27-29(39)9-8-23-15-26(48)16-32(33(23)27)44-14-10-28-31(21-44)40-35(50-22-37-11-6-13-46(37)20-25(38)17-37)41-34(28)45-12-5-7-30-24(18-45)19-47(42-30)36(49)43(2)3/h8-9,15-16,19,25,48H,4-7,10-14,17-18,20-22H2,1-3H3/t25-,37+/m1/s1. The number of ether oxygens (including phenoxy) is 1. The Morgan fingerprint density at radius 3 is 2.76 bits per heavy atom. The Morgan fingerprint density at radius 2 is 1.94 bits per heavy atom. The predicted octanol–water partition coefficient (Wildman–Crippen LogP) is 5.23. The molecule has 2 fully saturated rings. The zero-order chi connectivity index (χ0) is 34.7. The van der Waals surface area contributed by atoms with Crippen molar-refractivity contribution in [1.29, 1.82) is 0 Å². The van der Waals surface area contributed by atoms with Gasteiger partial charge in [0.2, 0.25) is 0 Å². The molecule has 1 N–H and O–H groups in total. The van der Waals surface area contributed by atoms with E-state index in [-0.39, 0.29) is 29.1 Å². The molecule has 50 heavy (non-hydrogen) atoms. The number of aromatic hydroxyl groups is 1. The minimum absolute atomic E-state index is 0.121. The van der Waals surface area contributed by atoms with Crippen molar-refractivity contribution in [2.24, 2.45) is 0 Å². The summed E-state index contributed by atoms with van der Waals surface area (Å²) in [5.41, 5.74) is 4.74. The second-order valence-electron chi connectivity index (χ2n) is 14.5. The fourth-order valence-corrected chi connectivity index (χ4v) is 8.63. The maximum Gasteiger partial charge on any atom is 0.344 e. The number of phenolic OH excluding ortho intramolecular Hbond substituents is 1. The van der Waals surface area contributed by atoms with Crippen molar-refractivity contribution in [2.75, 3.05) is 56.7 Å². The van der Waals surface area contributed by atoms with Gasteiger partial charge in [-0.2, -0.15) is 19.7 Å². The number of fused-ring (bicyclic) bond motifs is 4. The van der Waals surface area contributed by atoms with E-state index in [1.165, 1.54) is 15.6 Å². The number of aromatic nitrogens is 4. The predicted molar refractivity (Wildman–Crippen MR) is 186 cm³/mol. The highest BCUT2D eigenvalue weighted by molar-refractivity contribution is 5.98. The van der Waals surface area contributed by atoms with Crippen molar-refractivity contribution in [3.8, 4) is 11.8 Å². The number of nitrogens with zero attached hydrogens (tertiary/aromatic N) is 8. The van der Waals surface area contributed by atoms with Gasteiger partial charge in [-0.15, -0.1) is 0 Å². The summed E-state index contributed by atoms with van der Waals surface area (Å²) in [6, 6.07) is 6.64. The summed E-state index contributed by atoms with van der Waals surface area (Å²) >= 11 is 0. The van der Waals surface area contributed by atoms with E-state index < -0.39 is 6.17 Å². The number of carbonyl (C=O) groups is 1. The van der Waals surface area contributed by atoms with Gasteiger partial charge in [0.25, 0.3) is 0 Å². The lowest BCUT2D eigenvalue weighted by atomic mass is 9.95. The van der Waals surface area contributed by atoms with Crippen LogP contribution in [-0.4, -0.2) is 99.3 Å². The Balaban J connectivity index is 1.17. The van der Waals surface area contributed by atoms with Crippen molar-refractivity contribution in [1.82, 2.24) is 29.5 Å². The van der Waals surface area contributed by atoms with E-state index in [2.05, 4.69) is 19.8 Å². The van der Waals surface area contributed by atoms with Gasteiger partial charge in [-0.05, 0) is 68.2 Å². The molecule has 0 radical (unpaired) electrons. The van der Waals surface area contributed by atoms with Crippen molar-refractivity contribution in [3.05, 3.63) is 64.4 Å². The van der Waals surface area contributed by atoms with Crippen LogP contribution in [0.4, 0.5) is 25.1 Å². The SMILES string of the molecule is CCc1c(F)ccc2cc(O)cc(N3CCc4c(nc(OC[C@@]56CCCN5C[C@H](F)C6)nc4N4CCCc5nn(C(=O)N(C)C)cc5C4)C3)c12. The molecule has 264 valence electrons. The fourth-order valence-electron chi connectivity index (χ4n) is 8.63. The molecular formula is C37H44F2N8O3. The molecule has 13 heteroatoms. The molecule has 4 aromatic rings. The molecule has 4 aliphatic heterocycles. The molecule has 2 atom stereocenters. The van der Waals surface area contributed by atoms with Crippen molar-refractivity contribution < 1.29 is 23.4 Å². The van der Waals surface area contributed by atoms with Crippen LogP contribution in [0.2, 0.25) is 0 Å². The summed E-state index contributed by atoms with van der Waals surface area (Å²) in [6.45, 7) is 5.86. The average molecular weight is 687 g/mol. The lowest BCUT2D eigenvalue weighted by Gasteiger charge is -2.35. The van der Waals surface area contributed by atoms with Crippen LogP contribution in [-0.2, 0) is 32.4 Å². The molecule has 0 spiro atoms. The van der Waals surface area contributed by atoms with Crippen molar-refractivity contribution in [3.63, 3.8) is 0 Å². The Kier molecular flexibility index (Phi) is 8.28. The number of aryl methyl sites for hydroxylation is 2. The number of benzene rings is 2. The first-order valence-corrected chi connectivity index (χ1v) is 17.8. The van der Waals surface area contributed by atoms with Crippen LogP contribution in [0, 0.1) is 5.82 Å². The second kappa shape index (κ2) is 12.7. The molecule has 0 bridgehead atoms. The highest BCUT2D eigenvalue weighted by Gasteiger charge is 2.49. The zero-order valence-electron chi connectivity index (χ0n) is 29.0. The van der Waals surface area contributed by atoms with Crippen LogP contribution >= 0.6 is 0 Å². The normalized spacial score (nSPS) is 22.0. The van der Waals surface area contributed by atoms with E-state index in [1.54, 1.807) is 32.3 Å². The monoisotopic (exact) mass is 686 g/mol. The summed E-state index contributed by atoms with van der Waals surface area (Å²) < 4.78 is 37.6. The largest absolute Gasteiger partial charge is 0.508 e. The molecule has 2 aromatic heterocycles. The maximum atomic E-state index is 15.1. The van der Waals surface area contributed by atoms with Crippen LogP contribution in [0.1, 0.15) is 60.7 Å². The van der Waals surface area contributed by atoms with E-state index in [0.717, 1.165) is 83.6 Å². The first kappa shape index (κ1) is 32.7. The van der Waals surface area contributed by atoms with Gasteiger partial charge in [0.15, 0.2) is 0 Å². The Labute approximate surface area is 290 Å². The first-order valence-electron chi connectivity index (χ1n) is 17.8. The molecule has 8 rings (SSSR count). The number of amides is 1. The van der Waals surface area contributed by atoms with E-state index in [9.17, 15) is 14.3 Å². The van der Waals surface area contributed by atoms with Gasteiger partial charge in [0.1, 0.15) is 30.2 Å². The average Bonchev–Trinajstić information content (AvgIpc) is 3.73. The summed E-state index contributed by atoms with van der Waals surface area (Å²) in [4.78, 5) is 30.9. The number of rotatable bonds is 6. The summed E-state index contributed by atoms with van der Waals surface area (Å²) in [5, 5.41) is 16.9. The quantitative estimate of drug-likeness (QED) is 0.292. The number of alkyl halides is 1. The van der Waals surface area contributed by atoms with Gasteiger partial charge in [-0.25, -0.2) is 13.6 Å². The third kappa shape index (κ3) is 5.69. The summed E-state index contributed by atoms with van der Waals surface area (Å²) in [5.74, 6) is 0.653. The van der Waals surface area contributed by atoms with Gasteiger partial charge in [-0.3, -0.25) is 4.90 Å². The van der Waals surface area contributed by atoms with Gasteiger partial charge in [0, 0.05) is 81.2 Å². The van der Waals surface area contributed by atoms with Gasteiger partial charge in [-0.1, -0.05) is 13.0 Å². The molecule has 6 heterocycles. The highest BCUT2D eigenvalue weighted by Crippen LogP contribution is 2.42. The zero-order valence-corrected chi connectivity index (χ0v) is 29.0. The third-order valence-electron chi connectivity index (χ3n) is 11.0. The number of hydrogen-bond acceptors (Lipinski definition) is 9. The molecule has 4 aliphatic rings. The molecule has 0 saturated carbocycles. The molecule has 2 saturated heterocycles. The fraction of sp³-hybridized carbons (Fsp3) is 0.514. The van der Waals surface area contributed by atoms with Crippen molar-refractivity contribution in [2.45, 2.75) is 76.7 Å². The molecule has 1 amide bonds. The minimum atomic E-state index is -0.867. The number of carbonyl (C=O) groups excluding carboxylic acids is 1. The summed E-state index contributed by atoms with van der Waals surface area (Å²) in [6.07, 6.45) is 6.01. The molecule has 0 unspecified atom stereocenters. The topological polar surface area (TPSA) is 103 Å². The van der Waals surface area contributed by atoms with E-state index >= 15 is 4.39 Å². The molecular weight excluding hydrogens is 642 g/mol. The van der Waals surface area contributed by atoms with Crippen molar-refractivity contribution >= 4 is 28.3 Å². The van der Waals surface area contributed by atoms with Gasteiger partial charge >= 0.3 is 12.0 Å². The molecule has 11 nitrogen and oxygen atoms in total. The molecule has 0 aliphatic carbocycles. The van der Waals surface area contributed by atoms with Gasteiger partial charge in [0.05, 0.1) is 23.5 Å².